The number of rotatable bonds is 7. The van der Waals surface area contributed by atoms with Crippen LogP contribution in [-0.4, -0.2) is 59.4 Å². The molecule has 2 heterocycles. The lowest BCUT2D eigenvalue weighted by Gasteiger charge is -2.28. The number of hydrogen-bond donors (Lipinski definition) is 1. The molecule has 0 bridgehead atoms. The zero-order valence-electron chi connectivity index (χ0n) is 17.1. The van der Waals surface area contributed by atoms with E-state index in [0.29, 0.717) is 24.9 Å². The Bertz CT molecular complexity index is 810. The molecular weight excluding hydrogens is 393 g/mol. The number of carbonyl (C=O) groups excluding carboxylic acids is 4. The van der Waals surface area contributed by atoms with E-state index in [1.165, 1.54) is 12.1 Å². The number of nitrogens with zero attached hydrogens (tertiary/aromatic N) is 2. The highest BCUT2D eigenvalue weighted by atomic mass is 19.1. The number of imide groups is 1. The second-order valence-corrected chi connectivity index (χ2v) is 7.77. The highest BCUT2D eigenvalue weighted by Gasteiger charge is 2.43. The van der Waals surface area contributed by atoms with Crippen LogP contribution in [0, 0.1) is 11.7 Å². The van der Waals surface area contributed by atoms with E-state index in [2.05, 4.69) is 5.32 Å². The molecule has 2 fully saturated rings. The molecule has 0 radical (unpaired) electrons. The van der Waals surface area contributed by atoms with Gasteiger partial charge in [-0.1, -0.05) is 12.1 Å². The number of likely N-dealkylation sites (tertiary alicyclic amines) is 1. The largest absolute Gasteiger partial charge is 0.463 e. The summed E-state index contributed by atoms with van der Waals surface area (Å²) >= 11 is 0. The predicted molar refractivity (Wildman–Crippen MR) is 105 cm³/mol. The molecular formula is C21H26FN3O5. The van der Waals surface area contributed by atoms with E-state index >= 15 is 0 Å². The molecule has 1 aromatic rings. The van der Waals surface area contributed by atoms with Crippen LogP contribution in [0.25, 0.3) is 0 Å². The molecule has 9 heteroatoms. The summed E-state index contributed by atoms with van der Waals surface area (Å²) in [5, 5.41) is 2.44. The third-order valence-corrected chi connectivity index (χ3v) is 5.29. The fourth-order valence-corrected chi connectivity index (χ4v) is 3.92. The maximum absolute atomic E-state index is 13.4. The smallest absolute Gasteiger partial charge is 0.324 e. The molecule has 1 aromatic carbocycles. The van der Waals surface area contributed by atoms with Gasteiger partial charge in [0.25, 0.3) is 0 Å². The van der Waals surface area contributed by atoms with Gasteiger partial charge in [0.05, 0.1) is 24.6 Å². The summed E-state index contributed by atoms with van der Waals surface area (Å²) in [5.74, 6) is -1.81. The topological polar surface area (TPSA) is 96.0 Å². The molecule has 2 saturated heterocycles. The number of benzene rings is 1. The minimum absolute atomic E-state index is 0.0226. The molecule has 0 aliphatic carbocycles. The summed E-state index contributed by atoms with van der Waals surface area (Å²) in [7, 11) is 0. The highest BCUT2D eigenvalue weighted by Crippen LogP contribution is 2.39. The van der Waals surface area contributed by atoms with Gasteiger partial charge in [-0.05, 0) is 44.4 Å². The summed E-state index contributed by atoms with van der Waals surface area (Å²) in [6, 6.07) is 4.77. The van der Waals surface area contributed by atoms with E-state index in [1.807, 2.05) is 0 Å². The molecule has 3 rings (SSSR count). The number of amides is 4. The molecule has 2 aliphatic rings. The maximum Gasteiger partial charge on any atom is 0.324 e. The first-order valence-electron chi connectivity index (χ1n) is 10.1. The van der Waals surface area contributed by atoms with Crippen molar-refractivity contribution in [3.63, 3.8) is 0 Å². The molecule has 8 nitrogen and oxygen atoms in total. The first kappa shape index (κ1) is 21.7. The van der Waals surface area contributed by atoms with Gasteiger partial charge in [0, 0.05) is 19.5 Å². The van der Waals surface area contributed by atoms with Crippen molar-refractivity contribution in [1.29, 1.82) is 0 Å². The van der Waals surface area contributed by atoms with Crippen LogP contribution in [-0.2, 0) is 19.1 Å². The van der Waals surface area contributed by atoms with Crippen LogP contribution in [0.4, 0.5) is 9.18 Å². The first-order chi connectivity index (χ1) is 14.3. The average molecular weight is 419 g/mol. The number of esters is 1. The quantitative estimate of drug-likeness (QED) is 0.539. The normalized spacial score (nSPS) is 21.3. The number of nitrogens with one attached hydrogen (secondary N) is 1. The van der Waals surface area contributed by atoms with E-state index in [9.17, 15) is 23.6 Å². The number of halogens is 1. The Morgan fingerprint density at radius 2 is 1.93 bits per heavy atom. The fourth-order valence-electron chi connectivity index (χ4n) is 3.92. The third-order valence-electron chi connectivity index (χ3n) is 5.29. The molecule has 0 aromatic heterocycles. The van der Waals surface area contributed by atoms with Crippen LogP contribution in [0.1, 0.15) is 44.7 Å². The molecule has 1 N–H and O–H groups in total. The Hall–Kier alpha value is -2.97. The van der Waals surface area contributed by atoms with Gasteiger partial charge < -0.3 is 15.0 Å². The summed E-state index contributed by atoms with van der Waals surface area (Å²) < 4.78 is 18.8. The molecule has 0 spiro atoms. The van der Waals surface area contributed by atoms with E-state index in [0.717, 1.165) is 4.90 Å². The van der Waals surface area contributed by atoms with Gasteiger partial charge in [0.15, 0.2) is 0 Å². The minimum Gasteiger partial charge on any atom is -0.463 e. The second kappa shape index (κ2) is 9.23. The Morgan fingerprint density at radius 3 is 2.53 bits per heavy atom. The molecule has 2 aliphatic heterocycles. The van der Waals surface area contributed by atoms with Crippen molar-refractivity contribution in [2.75, 3.05) is 19.6 Å². The van der Waals surface area contributed by atoms with Crippen LogP contribution in [0.2, 0.25) is 0 Å². The maximum atomic E-state index is 13.4. The fraction of sp³-hybridized carbons (Fsp3) is 0.524. The first-order valence-corrected chi connectivity index (χ1v) is 10.1. The Kier molecular flexibility index (Phi) is 6.69. The van der Waals surface area contributed by atoms with Crippen molar-refractivity contribution in [3.05, 3.63) is 35.6 Å². The standard InChI is InChI=1S/C21H26FN3O5/c1-13(2)30-20(28)16-9-11-24(19(16)14-5-7-15(22)8-6-14)17(26)4-3-10-25-18(27)12-23-21(25)29/h5-8,13,16,19H,3-4,9-12H2,1-2H3,(H,23,29)/t16-,19-/m1/s1. The lowest BCUT2D eigenvalue weighted by Crippen LogP contribution is -2.36. The van der Waals surface area contributed by atoms with Gasteiger partial charge in [-0.25, -0.2) is 9.18 Å². The van der Waals surface area contributed by atoms with Crippen molar-refractivity contribution in [1.82, 2.24) is 15.1 Å². The van der Waals surface area contributed by atoms with E-state index in [1.54, 1.807) is 30.9 Å². The summed E-state index contributed by atoms with van der Waals surface area (Å²) in [5.41, 5.74) is 0.669. The Morgan fingerprint density at radius 1 is 1.23 bits per heavy atom. The van der Waals surface area contributed by atoms with Gasteiger partial charge >= 0.3 is 12.0 Å². The second-order valence-electron chi connectivity index (χ2n) is 7.77. The van der Waals surface area contributed by atoms with Crippen molar-refractivity contribution < 1.29 is 28.3 Å². The Balaban J connectivity index is 1.70. The van der Waals surface area contributed by atoms with Crippen LogP contribution < -0.4 is 5.32 Å². The van der Waals surface area contributed by atoms with Gasteiger partial charge in [-0.15, -0.1) is 0 Å². The van der Waals surface area contributed by atoms with Crippen molar-refractivity contribution in [2.24, 2.45) is 5.92 Å². The SMILES string of the molecule is CC(C)OC(=O)[C@@H]1CCN(C(=O)CCCN2C(=O)CNC2=O)[C@@H]1c1ccc(F)cc1. The number of urea groups is 1. The van der Waals surface area contributed by atoms with E-state index in [-0.39, 0.29) is 43.4 Å². The van der Waals surface area contributed by atoms with Gasteiger partial charge in [0.1, 0.15) is 5.82 Å². The Labute approximate surface area is 174 Å². The zero-order valence-corrected chi connectivity index (χ0v) is 17.1. The summed E-state index contributed by atoms with van der Waals surface area (Å²) in [6.45, 7) is 4.04. The molecule has 0 unspecified atom stereocenters. The van der Waals surface area contributed by atoms with Crippen LogP contribution in [0.5, 0.6) is 0 Å². The van der Waals surface area contributed by atoms with E-state index < -0.39 is 23.8 Å². The number of hydrogen-bond acceptors (Lipinski definition) is 5. The highest BCUT2D eigenvalue weighted by molar-refractivity contribution is 6.01. The average Bonchev–Trinajstić information content (AvgIpc) is 3.27. The van der Waals surface area contributed by atoms with Crippen LogP contribution >= 0.6 is 0 Å². The summed E-state index contributed by atoms with van der Waals surface area (Å²) in [6.07, 6.45) is 0.624. The lowest BCUT2D eigenvalue weighted by molar-refractivity contribution is -0.153. The molecule has 0 saturated carbocycles. The predicted octanol–water partition coefficient (Wildman–Crippen LogP) is 2.00. The van der Waals surface area contributed by atoms with Gasteiger partial charge in [-0.3, -0.25) is 19.3 Å². The van der Waals surface area contributed by atoms with E-state index in [4.69, 9.17) is 4.74 Å². The molecule has 30 heavy (non-hydrogen) atoms. The van der Waals surface area contributed by atoms with Crippen molar-refractivity contribution >= 4 is 23.8 Å². The van der Waals surface area contributed by atoms with Crippen LogP contribution in [0.3, 0.4) is 0 Å². The van der Waals surface area contributed by atoms with Crippen molar-refractivity contribution in [3.8, 4) is 0 Å². The number of carbonyl (C=O) groups is 4. The molecule has 162 valence electrons. The summed E-state index contributed by atoms with van der Waals surface area (Å²) in [4.78, 5) is 51.5. The monoisotopic (exact) mass is 419 g/mol. The lowest BCUT2D eigenvalue weighted by atomic mass is 9.93. The number of ether oxygens (including phenoxy) is 1. The van der Waals surface area contributed by atoms with Gasteiger partial charge in [0.2, 0.25) is 11.8 Å². The molecule has 2 atom stereocenters. The zero-order chi connectivity index (χ0) is 21.8. The molecule has 4 amide bonds. The third kappa shape index (κ3) is 4.77. The van der Waals surface area contributed by atoms with Gasteiger partial charge in [-0.2, -0.15) is 0 Å². The van der Waals surface area contributed by atoms with Crippen LogP contribution in [0.15, 0.2) is 24.3 Å². The van der Waals surface area contributed by atoms with Crippen molar-refractivity contribution in [2.45, 2.75) is 45.3 Å². The minimum atomic E-state index is -0.541.